The van der Waals surface area contributed by atoms with Gasteiger partial charge in [0.15, 0.2) is 0 Å². The Bertz CT molecular complexity index is 590. The first kappa shape index (κ1) is 14.0. The van der Waals surface area contributed by atoms with Gasteiger partial charge in [-0.25, -0.2) is 17.9 Å². The van der Waals surface area contributed by atoms with E-state index in [1.54, 1.807) is 6.92 Å². The van der Waals surface area contributed by atoms with Gasteiger partial charge in [0.25, 0.3) is 0 Å². The smallest absolute Gasteiger partial charge is 0.335 e. The lowest BCUT2D eigenvalue weighted by Gasteiger charge is -2.13. The third-order valence-corrected chi connectivity index (χ3v) is 4.64. The number of carboxylic acids is 1. The largest absolute Gasteiger partial charge is 0.478 e. The fraction of sp³-hybridized carbons (Fsp3) is 0.417. The highest BCUT2D eigenvalue weighted by molar-refractivity contribution is 7.89. The summed E-state index contributed by atoms with van der Waals surface area (Å²) < 4.78 is 32.1. The van der Waals surface area contributed by atoms with Crippen molar-refractivity contribution in [2.75, 3.05) is 13.2 Å². The van der Waals surface area contributed by atoms with Gasteiger partial charge >= 0.3 is 5.97 Å². The highest BCUT2D eigenvalue weighted by Gasteiger charge is 2.25. The van der Waals surface area contributed by atoms with Crippen LogP contribution in [-0.4, -0.2) is 38.7 Å². The van der Waals surface area contributed by atoms with E-state index in [0.29, 0.717) is 25.2 Å². The van der Waals surface area contributed by atoms with Crippen LogP contribution in [0, 0.1) is 6.92 Å². The summed E-state index contributed by atoms with van der Waals surface area (Å²) >= 11 is 0. The van der Waals surface area contributed by atoms with Gasteiger partial charge in [-0.3, -0.25) is 0 Å². The second-order valence-corrected chi connectivity index (χ2v) is 6.15. The molecule has 19 heavy (non-hydrogen) atoms. The molecule has 6 nitrogen and oxygen atoms in total. The molecule has 7 heteroatoms. The summed E-state index contributed by atoms with van der Waals surface area (Å²) in [7, 11) is -3.72. The highest BCUT2D eigenvalue weighted by atomic mass is 32.2. The lowest BCUT2D eigenvalue weighted by molar-refractivity contribution is 0.0696. The van der Waals surface area contributed by atoms with Crippen LogP contribution >= 0.6 is 0 Å². The molecule has 0 bridgehead atoms. The third-order valence-electron chi connectivity index (χ3n) is 2.98. The Morgan fingerprint density at radius 3 is 2.79 bits per heavy atom. The summed E-state index contributed by atoms with van der Waals surface area (Å²) in [6.07, 6.45) is 0.622. The molecule has 1 heterocycles. The lowest BCUT2D eigenvalue weighted by atomic mass is 10.1. The molecule has 1 unspecified atom stereocenters. The molecule has 1 aromatic carbocycles. The summed E-state index contributed by atoms with van der Waals surface area (Å²) in [5.41, 5.74) is 0.463. The molecule has 1 atom stereocenters. The van der Waals surface area contributed by atoms with E-state index in [9.17, 15) is 13.2 Å². The monoisotopic (exact) mass is 285 g/mol. The Labute approximate surface area is 111 Å². The number of hydrogen-bond acceptors (Lipinski definition) is 4. The minimum atomic E-state index is -3.72. The van der Waals surface area contributed by atoms with Crippen molar-refractivity contribution in [3.8, 4) is 0 Å². The molecule has 2 N–H and O–H groups in total. The van der Waals surface area contributed by atoms with Crippen LogP contribution in [0.1, 0.15) is 22.3 Å². The molecule has 0 aromatic heterocycles. The number of nitrogens with one attached hydrogen (secondary N) is 1. The van der Waals surface area contributed by atoms with Crippen LogP contribution in [0.25, 0.3) is 0 Å². The third kappa shape index (κ3) is 3.12. The summed E-state index contributed by atoms with van der Waals surface area (Å²) in [6, 6.07) is 3.80. The summed E-state index contributed by atoms with van der Waals surface area (Å²) in [4.78, 5) is 10.9. The average molecular weight is 285 g/mol. The maximum atomic E-state index is 12.2. The van der Waals surface area contributed by atoms with Crippen molar-refractivity contribution in [3.63, 3.8) is 0 Å². The topological polar surface area (TPSA) is 92.7 Å². The maximum Gasteiger partial charge on any atom is 0.335 e. The molecule has 0 aliphatic carbocycles. The van der Waals surface area contributed by atoms with Crippen molar-refractivity contribution in [1.82, 2.24) is 4.72 Å². The minimum Gasteiger partial charge on any atom is -0.478 e. The number of rotatable bonds is 4. The van der Waals surface area contributed by atoms with Crippen LogP contribution in [0.2, 0.25) is 0 Å². The Kier molecular flexibility index (Phi) is 3.88. The van der Waals surface area contributed by atoms with Gasteiger partial charge in [-0.05, 0) is 31.0 Å². The number of aromatic carboxylic acids is 1. The van der Waals surface area contributed by atoms with Crippen LogP contribution < -0.4 is 4.72 Å². The first-order chi connectivity index (χ1) is 8.90. The first-order valence-electron chi connectivity index (χ1n) is 5.84. The Hall–Kier alpha value is -1.44. The number of benzene rings is 1. The zero-order valence-corrected chi connectivity index (χ0v) is 11.2. The second-order valence-electron chi connectivity index (χ2n) is 4.47. The van der Waals surface area contributed by atoms with Gasteiger partial charge in [-0.1, -0.05) is 6.07 Å². The van der Waals surface area contributed by atoms with E-state index in [-0.39, 0.29) is 16.5 Å². The number of carboxylic acid groups (broad SMARTS) is 1. The molecule has 0 amide bonds. The predicted octanol–water partition coefficient (Wildman–Crippen LogP) is 0.760. The van der Waals surface area contributed by atoms with Crippen LogP contribution in [0.5, 0.6) is 0 Å². The Balaban J connectivity index is 2.33. The standard InChI is InChI=1S/C12H15NO5S/c1-8-2-3-9(12(14)15)6-11(8)19(16,17)13-10-4-5-18-7-10/h2-3,6,10,13H,4-5,7H2,1H3,(H,14,15). The highest BCUT2D eigenvalue weighted by Crippen LogP contribution is 2.18. The number of carbonyl (C=O) groups is 1. The molecule has 1 aliphatic heterocycles. The van der Waals surface area contributed by atoms with E-state index in [1.807, 2.05) is 0 Å². The molecule has 0 radical (unpaired) electrons. The molecule has 0 saturated carbocycles. The molecule has 1 aromatic rings. The van der Waals surface area contributed by atoms with Crippen LogP contribution in [-0.2, 0) is 14.8 Å². The van der Waals surface area contributed by atoms with Crippen LogP contribution in [0.4, 0.5) is 0 Å². The number of aryl methyl sites for hydroxylation is 1. The van der Waals surface area contributed by atoms with Crippen molar-refractivity contribution >= 4 is 16.0 Å². The Morgan fingerprint density at radius 2 is 2.21 bits per heavy atom. The SMILES string of the molecule is Cc1ccc(C(=O)O)cc1S(=O)(=O)NC1CCOC1. The van der Waals surface area contributed by atoms with Crippen molar-refractivity contribution in [2.24, 2.45) is 0 Å². The molecular formula is C12H15NO5S. The van der Waals surface area contributed by atoms with E-state index < -0.39 is 16.0 Å². The zero-order chi connectivity index (χ0) is 14.0. The van der Waals surface area contributed by atoms with Crippen LogP contribution in [0.15, 0.2) is 23.1 Å². The predicted molar refractivity (Wildman–Crippen MR) is 67.7 cm³/mol. The molecule has 1 saturated heterocycles. The fourth-order valence-electron chi connectivity index (χ4n) is 1.93. The average Bonchev–Trinajstić information content (AvgIpc) is 2.81. The van der Waals surface area contributed by atoms with E-state index in [0.717, 1.165) is 0 Å². The summed E-state index contributed by atoms with van der Waals surface area (Å²) in [5.74, 6) is -1.15. The van der Waals surface area contributed by atoms with Gasteiger partial charge in [0.05, 0.1) is 17.1 Å². The van der Waals surface area contributed by atoms with E-state index in [2.05, 4.69) is 4.72 Å². The van der Waals surface area contributed by atoms with Gasteiger partial charge < -0.3 is 9.84 Å². The molecule has 2 rings (SSSR count). The van der Waals surface area contributed by atoms with Crippen LogP contribution in [0.3, 0.4) is 0 Å². The van der Waals surface area contributed by atoms with E-state index in [1.165, 1.54) is 18.2 Å². The van der Waals surface area contributed by atoms with Crippen molar-refractivity contribution in [1.29, 1.82) is 0 Å². The van der Waals surface area contributed by atoms with Gasteiger partial charge in [0.1, 0.15) is 0 Å². The Morgan fingerprint density at radius 1 is 1.47 bits per heavy atom. The summed E-state index contributed by atoms with van der Waals surface area (Å²) in [6.45, 7) is 2.50. The number of hydrogen-bond donors (Lipinski definition) is 2. The molecular weight excluding hydrogens is 270 g/mol. The maximum absolute atomic E-state index is 12.2. The van der Waals surface area contributed by atoms with Crippen molar-refractivity contribution in [2.45, 2.75) is 24.3 Å². The van der Waals surface area contributed by atoms with Crippen molar-refractivity contribution in [3.05, 3.63) is 29.3 Å². The van der Waals surface area contributed by atoms with Gasteiger partial charge in [-0.15, -0.1) is 0 Å². The summed E-state index contributed by atoms with van der Waals surface area (Å²) in [5, 5.41) is 8.91. The first-order valence-corrected chi connectivity index (χ1v) is 7.32. The van der Waals surface area contributed by atoms with Crippen molar-refractivity contribution < 1.29 is 23.1 Å². The van der Waals surface area contributed by atoms with E-state index in [4.69, 9.17) is 9.84 Å². The molecule has 1 aliphatic rings. The minimum absolute atomic E-state index is 0.000648. The second kappa shape index (κ2) is 5.28. The van der Waals surface area contributed by atoms with Gasteiger partial charge in [-0.2, -0.15) is 0 Å². The molecule has 104 valence electrons. The quantitative estimate of drug-likeness (QED) is 0.852. The molecule has 0 spiro atoms. The fourth-order valence-corrected chi connectivity index (χ4v) is 3.46. The van der Waals surface area contributed by atoms with Gasteiger partial charge in [0, 0.05) is 12.6 Å². The number of ether oxygens (including phenoxy) is 1. The molecule has 1 fully saturated rings. The van der Waals surface area contributed by atoms with Gasteiger partial charge in [0.2, 0.25) is 10.0 Å². The normalized spacial score (nSPS) is 19.5. The zero-order valence-electron chi connectivity index (χ0n) is 10.4. The van der Waals surface area contributed by atoms with E-state index >= 15 is 0 Å². The lowest BCUT2D eigenvalue weighted by Crippen LogP contribution is -2.35. The number of sulfonamides is 1.